The van der Waals surface area contributed by atoms with Crippen LogP contribution in [-0.2, 0) is 4.79 Å². The van der Waals surface area contributed by atoms with E-state index in [2.05, 4.69) is 19.2 Å². The molecule has 0 unspecified atom stereocenters. The van der Waals surface area contributed by atoms with Gasteiger partial charge in [-0.3, -0.25) is 4.79 Å². The summed E-state index contributed by atoms with van der Waals surface area (Å²) in [6, 6.07) is 0. The highest BCUT2D eigenvalue weighted by Gasteiger charge is 2.10. The van der Waals surface area contributed by atoms with Crippen LogP contribution in [0.25, 0.3) is 0 Å². The van der Waals surface area contributed by atoms with Crippen LogP contribution in [0.2, 0.25) is 0 Å². The van der Waals surface area contributed by atoms with Gasteiger partial charge in [0.15, 0.2) is 0 Å². The van der Waals surface area contributed by atoms with Crippen LogP contribution in [0.15, 0.2) is 0 Å². The predicted molar refractivity (Wildman–Crippen MR) is 69.5 cm³/mol. The Morgan fingerprint density at radius 2 is 1.69 bits per heavy atom. The van der Waals surface area contributed by atoms with Gasteiger partial charge in [0.2, 0.25) is 5.91 Å². The number of hydrogen-bond donors (Lipinski definition) is 1. The molecule has 1 saturated heterocycles. The molecule has 3 heteroatoms. The molecule has 0 atom stereocenters. The summed E-state index contributed by atoms with van der Waals surface area (Å²) in [5.74, 6) is 0.758. The van der Waals surface area contributed by atoms with Gasteiger partial charge in [-0.1, -0.05) is 13.8 Å². The molecule has 16 heavy (non-hydrogen) atoms. The largest absolute Gasteiger partial charge is 0.343 e. The smallest absolute Gasteiger partial charge is 0.222 e. The summed E-state index contributed by atoms with van der Waals surface area (Å²) >= 11 is 0. The highest BCUT2D eigenvalue weighted by Crippen LogP contribution is 2.03. The van der Waals surface area contributed by atoms with E-state index in [9.17, 15) is 4.79 Å². The molecule has 0 saturated carbocycles. The standard InChI is InChI=1S/C9H19NO.C4H9N/c1-5-10(6-2)9(11)7-8(3)4;1-2-4-5-3-1/h8H,5-7H2,1-4H3;5H,1-4H2. The van der Waals surface area contributed by atoms with E-state index in [1.807, 2.05) is 18.7 Å². The zero-order chi connectivity index (χ0) is 12.4. The molecule has 0 radical (unpaired) electrons. The molecule has 0 spiro atoms. The Morgan fingerprint density at radius 1 is 1.19 bits per heavy atom. The molecule has 1 rings (SSSR count). The molecule has 0 aliphatic carbocycles. The number of amides is 1. The second kappa shape index (κ2) is 9.64. The van der Waals surface area contributed by atoms with Gasteiger partial charge in [-0.25, -0.2) is 0 Å². The van der Waals surface area contributed by atoms with Crippen molar-refractivity contribution in [2.75, 3.05) is 26.2 Å². The van der Waals surface area contributed by atoms with Crippen molar-refractivity contribution < 1.29 is 4.79 Å². The van der Waals surface area contributed by atoms with Crippen molar-refractivity contribution in [1.82, 2.24) is 10.2 Å². The van der Waals surface area contributed by atoms with Crippen molar-refractivity contribution in [3.63, 3.8) is 0 Å². The summed E-state index contributed by atoms with van der Waals surface area (Å²) in [5.41, 5.74) is 0. The van der Waals surface area contributed by atoms with Crippen LogP contribution in [0, 0.1) is 5.92 Å². The van der Waals surface area contributed by atoms with Crippen molar-refractivity contribution in [3.8, 4) is 0 Å². The van der Waals surface area contributed by atoms with Crippen LogP contribution in [-0.4, -0.2) is 37.0 Å². The highest BCUT2D eigenvalue weighted by molar-refractivity contribution is 5.76. The molecule has 0 bridgehead atoms. The maximum atomic E-state index is 11.3. The lowest BCUT2D eigenvalue weighted by atomic mass is 10.1. The minimum absolute atomic E-state index is 0.282. The highest BCUT2D eigenvalue weighted by atomic mass is 16.2. The van der Waals surface area contributed by atoms with Gasteiger partial charge < -0.3 is 10.2 Å². The maximum absolute atomic E-state index is 11.3. The first-order chi connectivity index (χ1) is 7.61. The van der Waals surface area contributed by atoms with E-state index >= 15 is 0 Å². The molecule has 0 aromatic heterocycles. The molecular weight excluding hydrogens is 200 g/mol. The summed E-state index contributed by atoms with van der Waals surface area (Å²) in [4.78, 5) is 13.2. The third kappa shape index (κ3) is 7.69. The molecule has 1 aliphatic heterocycles. The fourth-order valence-corrected chi connectivity index (χ4v) is 1.68. The third-order valence-electron chi connectivity index (χ3n) is 2.66. The van der Waals surface area contributed by atoms with Crippen LogP contribution in [0.1, 0.15) is 47.0 Å². The Hall–Kier alpha value is -0.570. The average molecular weight is 228 g/mol. The molecule has 96 valence electrons. The summed E-state index contributed by atoms with van der Waals surface area (Å²) in [5, 5.41) is 3.22. The molecule has 1 aliphatic rings. The van der Waals surface area contributed by atoms with E-state index in [-0.39, 0.29) is 5.91 Å². The normalized spacial score (nSPS) is 14.6. The van der Waals surface area contributed by atoms with Crippen molar-refractivity contribution in [2.24, 2.45) is 5.92 Å². The topological polar surface area (TPSA) is 32.3 Å². The van der Waals surface area contributed by atoms with Crippen molar-refractivity contribution >= 4 is 5.91 Å². The molecule has 0 aromatic carbocycles. The van der Waals surface area contributed by atoms with E-state index in [1.54, 1.807) is 0 Å². The molecule has 0 aromatic rings. The average Bonchev–Trinajstić information content (AvgIpc) is 2.76. The lowest BCUT2D eigenvalue weighted by Gasteiger charge is -2.19. The molecule has 1 heterocycles. The number of hydrogen-bond acceptors (Lipinski definition) is 2. The third-order valence-corrected chi connectivity index (χ3v) is 2.66. The molecule has 1 N–H and O–H groups in total. The van der Waals surface area contributed by atoms with E-state index < -0.39 is 0 Å². The molecule has 3 nitrogen and oxygen atoms in total. The second-order valence-corrected chi connectivity index (χ2v) is 4.62. The van der Waals surface area contributed by atoms with Crippen LogP contribution >= 0.6 is 0 Å². The number of nitrogens with one attached hydrogen (secondary N) is 1. The van der Waals surface area contributed by atoms with Crippen LogP contribution < -0.4 is 5.32 Å². The van der Waals surface area contributed by atoms with Crippen LogP contribution in [0.3, 0.4) is 0 Å². The molecular formula is C13H28N2O. The Bertz CT molecular complexity index is 165. The first kappa shape index (κ1) is 15.4. The first-order valence-corrected chi connectivity index (χ1v) is 6.60. The fraction of sp³-hybridized carbons (Fsp3) is 0.923. The fourth-order valence-electron chi connectivity index (χ4n) is 1.68. The molecule has 1 amide bonds. The summed E-state index contributed by atoms with van der Waals surface area (Å²) < 4.78 is 0. The Balaban J connectivity index is 0.000000368. The van der Waals surface area contributed by atoms with Gasteiger partial charge >= 0.3 is 0 Å². The number of carbonyl (C=O) groups is 1. The number of carbonyl (C=O) groups excluding carboxylic acids is 1. The lowest BCUT2D eigenvalue weighted by Crippen LogP contribution is -2.31. The Kier molecular flexibility index (Phi) is 9.30. The second-order valence-electron chi connectivity index (χ2n) is 4.62. The van der Waals surface area contributed by atoms with Gasteiger partial charge in [-0.2, -0.15) is 0 Å². The van der Waals surface area contributed by atoms with Gasteiger partial charge in [-0.05, 0) is 45.7 Å². The van der Waals surface area contributed by atoms with Gasteiger partial charge in [0.05, 0.1) is 0 Å². The minimum Gasteiger partial charge on any atom is -0.343 e. The van der Waals surface area contributed by atoms with Gasteiger partial charge in [-0.15, -0.1) is 0 Å². The summed E-state index contributed by atoms with van der Waals surface area (Å²) in [6.07, 6.45) is 3.46. The zero-order valence-electron chi connectivity index (χ0n) is 11.4. The lowest BCUT2D eigenvalue weighted by molar-refractivity contribution is -0.131. The van der Waals surface area contributed by atoms with Crippen molar-refractivity contribution in [3.05, 3.63) is 0 Å². The number of nitrogens with zero attached hydrogens (tertiary/aromatic N) is 1. The van der Waals surface area contributed by atoms with Gasteiger partial charge in [0, 0.05) is 19.5 Å². The predicted octanol–water partition coefficient (Wildman–Crippen LogP) is 2.27. The van der Waals surface area contributed by atoms with Crippen molar-refractivity contribution in [2.45, 2.75) is 47.0 Å². The quantitative estimate of drug-likeness (QED) is 0.800. The van der Waals surface area contributed by atoms with E-state index in [0.29, 0.717) is 12.3 Å². The maximum Gasteiger partial charge on any atom is 0.222 e. The van der Waals surface area contributed by atoms with Crippen molar-refractivity contribution in [1.29, 1.82) is 0 Å². The Morgan fingerprint density at radius 3 is 1.94 bits per heavy atom. The van der Waals surface area contributed by atoms with Gasteiger partial charge in [0.1, 0.15) is 0 Å². The number of rotatable bonds is 4. The van der Waals surface area contributed by atoms with Crippen LogP contribution in [0.4, 0.5) is 0 Å². The first-order valence-electron chi connectivity index (χ1n) is 6.60. The van der Waals surface area contributed by atoms with E-state index in [4.69, 9.17) is 0 Å². The monoisotopic (exact) mass is 228 g/mol. The van der Waals surface area contributed by atoms with Gasteiger partial charge in [0.25, 0.3) is 0 Å². The Labute approximate surface area is 101 Å². The summed E-state index contributed by atoms with van der Waals surface area (Å²) in [6.45, 7) is 12.3. The van der Waals surface area contributed by atoms with Crippen LogP contribution in [0.5, 0.6) is 0 Å². The summed E-state index contributed by atoms with van der Waals surface area (Å²) in [7, 11) is 0. The minimum atomic E-state index is 0.282. The molecule has 1 fully saturated rings. The zero-order valence-corrected chi connectivity index (χ0v) is 11.4. The van der Waals surface area contributed by atoms with E-state index in [0.717, 1.165) is 13.1 Å². The SMILES string of the molecule is C1CCNC1.CCN(CC)C(=O)CC(C)C. The van der Waals surface area contributed by atoms with E-state index in [1.165, 1.54) is 25.9 Å².